The third-order valence-corrected chi connectivity index (χ3v) is 1.21. The second-order valence-electron chi connectivity index (χ2n) is 1.84. The van der Waals surface area contributed by atoms with E-state index in [1.807, 2.05) is 14.1 Å². The molecular weight excluding hydrogens is 146 g/mol. The van der Waals surface area contributed by atoms with Gasteiger partial charge in [0.2, 0.25) is 0 Å². The van der Waals surface area contributed by atoms with Crippen LogP contribution in [0.15, 0.2) is 25.0 Å². The van der Waals surface area contributed by atoms with Gasteiger partial charge in [-0.2, -0.15) is 0 Å². The van der Waals surface area contributed by atoms with Gasteiger partial charge in [0.1, 0.15) is 0 Å². The molecule has 0 bridgehead atoms. The topological polar surface area (TPSA) is 12.5 Å². The lowest BCUT2D eigenvalue weighted by atomic mass is 10.6. The highest BCUT2D eigenvalue weighted by atomic mass is 32.1. The number of ether oxygens (including phenoxy) is 1. The van der Waals surface area contributed by atoms with E-state index in [9.17, 15) is 0 Å². The van der Waals surface area contributed by atoms with Gasteiger partial charge in [-0.25, -0.2) is 0 Å². The van der Waals surface area contributed by atoms with Gasteiger partial charge in [-0.15, -0.1) is 0 Å². The molecule has 0 atom stereocenters. The second kappa shape index (κ2) is 4.99. The molecule has 0 saturated carbocycles. The molecule has 10 heavy (non-hydrogen) atoms. The Labute approximate surface area is 66.8 Å². The Morgan fingerprint density at radius 3 is 2.60 bits per heavy atom. The predicted octanol–water partition coefficient (Wildman–Crippen LogP) is 1.55. The third kappa shape index (κ3) is 4.09. The van der Waals surface area contributed by atoms with Crippen LogP contribution < -0.4 is 0 Å². The highest BCUT2D eigenvalue weighted by Crippen LogP contribution is 1.87. The summed E-state index contributed by atoms with van der Waals surface area (Å²) in [6.07, 6.45) is 4.80. The largest absolute Gasteiger partial charge is 0.440 e. The first-order valence-electron chi connectivity index (χ1n) is 2.84. The molecule has 0 aliphatic rings. The van der Waals surface area contributed by atoms with Crippen LogP contribution in [0.1, 0.15) is 0 Å². The minimum Gasteiger partial charge on any atom is -0.440 e. The molecule has 0 rings (SSSR count). The van der Waals surface area contributed by atoms with Crippen molar-refractivity contribution in [3.8, 4) is 0 Å². The van der Waals surface area contributed by atoms with Crippen molar-refractivity contribution in [2.24, 2.45) is 0 Å². The molecule has 0 amide bonds. The van der Waals surface area contributed by atoms with Crippen LogP contribution >= 0.6 is 12.2 Å². The van der Waals surface area contributed by atoms with Crippen molar-refractivity contribution in [3.05, 3.63) is 25.0 Å². The van der Waals surface area contributed by atoms with E-state index >= 15 is 0 Å². The van der Waals surface area contributed by atoms with Crippen molar-refractivity contribution in [1.29, 1.82) is 0 Å². The van der Waals surface area contributed by atoms with Crippen LogP contribution in [-0.4, -0.2) is 24.2 Å². The van der Waals surface area contributed by atoms with E-state index < -0.39 is 0 Å². The zero-order valence-corrected chi connectivity index (χ0v) is 7.02. The van der Waals surface area contributed by atoms with E-state index in [1.54, 1.807) is 17.1 Å². The monoisotopic (exact) mass is 157 g/mol. The molecule has 3 heteroatoms. The summed E-state index contributed by atoms with van der Waals surface area (Å²) in [5.41, 5.74) is 0. The van der Waals surface area contributed by atoms with Gasteiger partial charge in [0.15, 0.2) is 0 Å². The zero-order chi connectivity index (χ0) is 7.98. The number of rotatable bonds is 2. The van der Waals surface area contributed by atoms with E-state index in [0.29, 0.717) is 5.17 Å². The number of thiocarbonyl (C=S) groups is 1. The molecule has 0 spiro atoms. The first-order valence-corrected chi connectivity index (χ1v) is 3.25. The fourth-order valence-electron chi connectivity index (χ4n) is 0.258. The van der Waals surface area contributed by atoms with Gasteiger partial charge in [0, 0.05) is 14.1 Å². The lowest BCUT2D eigenvalue weighted by Crippen LogP contribution is -2.20. The van der Waals surface area contributed by atoms with Gasteiger partial charge in [-0.3, -0.25) is 0 Å². The Morgan fingerprint density at radius 1 is 1.60 bits per heavy atom. The van der Waals surface area contributed by atoms with Crippen molar-refractivity contribution in [1.82, 2.24) is 4.90 Å². The lowest BCUT2D eigenvalue weighted by molar-refractivity contribution is 0.396. The molecular formula is C7H11NOS. The Bertz CT molecular complexity index is 152. The number of nitrogens with zero attached hydrogens (tertiary/aromatic N) is 1. The summed E-state index contributed by atoms with van der Waals surface area (Å²) < 4.78 is 4.95. The molecule has 0 aliphatic heterocycles. The van der Waals surface area contributed by atoms with Crippen molar-refractivity contribution in [3.63, 3.8) is 0 Å². The van der Waals surface area contributed by atoms with Crippen LogP contribution in [0, 0.1) is 0 Å². The molecule has 2 nitrogen and oxygen atoms in total. The molecule has 0 saturated heterocycles. The number of hydrogen-bond donors (Lipinski definition) is 0. The average Bonchev–Trinajstić information content (AvgIpc) is 1.88. The van der Waals surface area contributed by atoms with Gasteiger partial charge >= 0.3 is 0 Å². The Kier molecular flexibility index (Phi) is 4.58. The molecule has 0 aromatic carbocycles. The van der Waals surface area contributed by atoms with E-state index in [0.717, 1.165) is 0 Å². The van der Waals surface area contributed by atoms with Crippen LogP contribution in [0.4, 0.5) is 0 Å². The smallest absolute Gasteiger partial charge is 0.263 e. The van der Waals surface area contributed by atoms with Crippen LogP contribution in [0.25, 0.3) is 0 Å². The maximum Gasteiger partial charge on any atom is 0.263 e. The summed E-state index contributed by atoms with van der Waals surface area (Å²) in [6, 6.07) is 0. The minimum absolute atomic E-state index is 0.443. The zero-order valence-electron chi connectivity index (χ0n) is 6.20. The Morgan fingerprint density at radius 2 is 2.20 bits per heavy atom. The Hall–Kier alpha value is -0.830. The molecule has 0 aliphatic carbocycles. The van der Waals surface area contributed by atoms with Gasteiger partial charge in [-0.1, -0.05) is 12.7 Å². The van der Waals surface area contributed by atoms with E-state index in [4.69, 9.17) is 17.0 Å². The predicted molar refractivity (Wildman–Crippen MR) is 46.7 cm³/mol. The van der Waals surface area contributed by atoms with Crippen molar-refractivity contribution >= 4 is 17.4 Å². The fraction of sp³-hybridized carbons (Fsp3) is 0.286. The van der Waals surface area contributed by atoms with Crippen LogP contribution in [0.2, 0.25) is 0 Å². The Balaban J connectivity index is 3.59. The van der Waals surface area contributed by atoms with Crippen molar-refractivity contribution in [2.45, 2.75) is 0 Å². The average molecular weight is 157 g/mol. The standard InChI is InChI=1S/C7H11NOS/c1-4-5-6-9-7(10)8(2)3/h4-6H,1H2,2-3H3/b6-5+. The van der Waals surface area contributed by atoms with Gasteiger partial charge in [-0.05, 0) is 18.3 Å². The summed E-state index contributed by atoms with van der Waals surface area (Å²) in [7, 11) is 3.65. The summed E-state index contributed by atoms with van der Waals surface area (Å²) in [6.45, 7) is 3.48. The van der Waals surface area contributed by atoms with E-state index in [-0.39, 0.29) is 0 Å². The quantitative estimate of drug-likeness (QED) is 0.343. The second-order valence-corrected chi connectivity index (χ2v) is 2.19. The normalized spacial score (nSPS) is 9.40. The summed E-state index contributed by atoms with van der Waals surface area (Å²) in [5, 5.41) is 0.443. The minimum atomic E-state index is 0.443. The molecule has 0 aromatic heterocycles. The molecule has 0 fully saturated rings. The summed E-state index contributed by atoms with van der Waals surface area (Å²) >= 11 is 4.81. The first kappa shape index (κ1) is 9.17. The van der Waals surface area contributed by atoms with Gasteiger partial charge in [0.25, 0.3) is 5.17 Å². The molecule has 0 unspecified atom stereocenters. The molecule has 0 N–H and O–H groups in total. The fourth-order valence-corrected chi connectivity index (χ4v) is 0.314. The van der Waals surface area contributed by atoms with E-state index in [2.05, 4.69) is 6.58 Å². The maximum atomic E-state index is 4.95. The molecule has 0 radical (unpaired) electrons. The molecule has 0 heterocycles. The molecule has 56 valence electrons. The third-order valence-electron chi connectivity index (χ3n) is 0.749. The molecule has 0 aromatic rings. The van der Waals surface area contributed by atoms with E-state index in [1.165, 1.54) is 6.26 Å². The summed E-state index contributed by atoms with van der Waals surface area (Å²) in [5.74, 6) is 0. The van der Waals surface area contributed by atoms with Crippen molar-refractivity contribution < 1.29 is 4.74 Å². The first-order chi connectivity index (χ1) is 4.68. The SMILES string of the molecule is C=C/C=C/OC(=S)N(C)C. The number of hydrogen-bond acceptors (Lipinski definition) is 2. The van der Waals surface area contributed by atoms with Crippen LogP contribution in [-0.2, 0) is 4.74 Å². The lowest BCUT2D eigenvalue weighted by Gasteiger charge is -2.10. The van der Waals surface area contributed by atoms with Gasteiger partial charge < -0.3 is 9.64 Å². The van der Waals surface area contributed by atoms with Crippen molar-refractivity contribution in [2.75, 3.05) is 14.1 Å². The summed E-state index contributed by atoms with van der Waals surface area (Å²) in [4.78, 5) is 1.71. The van der Waals surface area contributed by atoms with Crippen LogP contribution in [0.5, 0.6) is 0 Å². The van der Waals surface area contributed by atoms with Crippen LogP contribution in [0.3, 0.4) is 0 Å². The highest BCUT2D eigenvalue weighted by Gasteiger charge is 1.93. The maximum absolute atomic E-state index is 4.95. The number of allylic oxidation sites excluding steroid dienone is 2. The van der Waals surface area contributed by atoms with Gasteiger partial charge in [0.05, 0.1) is 6.26 Å². The highest BCUT2D eigenvalue weighted by molar-refractivity contribution is 7.80.